The number of fused-ring (bicyclic) bond motifs is 5. The van der Waals surface area contributed by atoms with Gasteiger partial charge in [0, 0.05) is 125 Å². The second-order valence-electron chi connectivity index (χ2n) is 31.9. The Labute approximate surface area is 726 Å². The summed E-state index contributed by atoms with van der Waals surface area (Å²) in [5, 5.41) is 57.0. The zero-order valence-electron chi connectivity index (χ0n) is 73.9. The highest BCUT2D eigenvalue weighted by Crippen LogP contribution is 2.33. The van der Waals surface area contributed by atoms with Crippen molar-refractivity contribution in [1.82, 2.24) is 77.7 Å². The van der Waals surface area contributed by atoms with Crippen molar-refractivity contribution < 1.29 is 39.0 Å². The SMILES string of the molecule is CCCC(CCO)Nc1nc(C)nc2ccn(CC3CCCO3)c12.CCCC(CCO)Nc1nc(C)nc2ccn(Cc3ccccc3OC)c12.CCCC(CCO)Nc1nc(C)nc2ccn(Cc3cscn3)c12.CCCCC(CCO)Nc1nc(C)nc2ccn(CC3CCCO3)c12.CCCCNc1nc(C)nc2cc(F)n(Cc3ccccc3)c12. The minimum Gasteiger partial charge on any atom is -0.496 e. The first-order valence-electron chi connectivity index (χ1n) is 44.3. The van der Waals surface area contributed by atoms with Gasteiger partial charge < -0.3 is 84.1 Å². The quantitative estimate of drug-likeness (QED) is 0.0161. The molecular weight excluding hydrogens is 1570 g/mol. The number of aliphatic hydroxyl groups excluding tert-OH is 4. The minimum atomic E-state index is -0.290. The Hall–Kier alpha value is -10.3. The van der Waals surface area contributed by atoms with Crippen LogP contribution in [0.5, 0.6) is 5.75 Å². The number of thiazole rings is 1. The van der Waals surface area contributed by atoms with E-state index in [0.717, 1.165) is 261 Å². The molecule has 15 rings (SSSR count). The summed E-state index contributed by atoms with van der Waals surface area (Å²) in [5.41, 5.74) is 14.2. The smallest absolute Gasteiger partial charge is 0.196 e. The number of nitrogens with one attached hydrogen (secondary N) is 5. The Morgan fingerprint density at radius 1 is 0.455 bits per heavy atom. The van der Waals surface area contributed by atoms with Crippen LogP contribution in [0.3, 0.4) is 0 Å². The Balaban J connectivity index is 0.000000150. The molecule has 0 bridgehead atoms. The van der Waals surface area contributed by atoms with E-state index in [1.165, 1.54) is 6.07 Å². The maximum Gasteiger partial charge on any atom is 0.196 e. The van der Waals surface area contributed by atoms with E-state index < -0.39 is 0 Å². The lowest BCUT2D eigenvalue weighted by Gasteiger charge is -2.20. The van der Waals surface area contributed by atoms with Gasteiger partial charge >= 0.3 is 0 Å². The van der Waals surface area contributed by atoms with E-state index in [1.54, 1.807) is 23.0 Å². The molecule has 662 valence electrons. The molecule has 9 N–H and O–H groups in total. The highest BCUT2D eigenvalue weighted by Gasteiger charge is 2.25. The van der Waals surface area contributed by atoms with Gasteiger partial charge in [0.05, 0.1) is 77.7 Å². The van der Waals surface area contributed by atoms with Crippen molar-refractivity contribution in [1.29, 1.82) is 0 Å². The van der Waals surface area contributed by atoms with Crippen LogP contribution in [0.25, 0.3) is 55.2 Å². The van der Waals surface area contributed by atoms with Gasteiger partial charge in [-0.15, -0.1) is 11.3 Å². The van der Waals surface area contributed by atoms with E-state index in [4.69, 9.17) is 14.2 Å². The second kappa shape index (κ2) is 48.1. The van der Waals surface area contributed by atoms with Crippen LogP contribution in [-0.2, 0) is 42.2 Å². The van der Waals surface area contributed by atoms with Gasteiger partial charge in [-0.2, -0.15) is 4.39 Å². The molecule has 2 saturated heterocycles. The summed E-state index contributed by atoms with van der Waals surface area (Å²) in [6.45, 7) is 27.0. The summed E-state index contributed by atoms with van der Waals surface area (Å²) >= 11 is 1.60. The molecule has 123 heavy (non-hydrogen) atoms. The number of benzene rings is 2. The molecule has 11 aromatic heterocycles. The molecule has 13 aromatic rings. The number of halogens is 1. The van der Waals surface area contributed by atoms with E-state index in [1.807, 2.05) is 119 Å². The van der Waals surface area contributed by atoms with Crippen molar-refractivity contribution >= 4 is 95.6 Å². The number of anilines is 5. The Kier molecular flexibility index (Phi) is 36.5. The van der Waals surface area contributed by atoms with Gasteiger partial charge in [0.1, 0.15) is 62.5 Å². The molecule has 0 aliphatic carbocycles. The first-order valence-corrected chi connectivity index (χ1v) is 45.3. The van der Waals surface area contributed by atoms with Crippen molar-refractivity contribution in [2.24, 2.45) is 0 Å². The third-order valence-corrected chi connectivity index (χ3v) is 22.6. The number of aromatic nitrogens is 16. The number of hydrogen-bond acceptors (Lipinski definition) is 24. The standard InChI is InChI=1S/C21H28N4O2.C19H30N4O2.C18H21FN4.C18H28N4O2.C17H23N5OS/c1-4-7-17(11-13-26)24-21-20-18(22-15(2)23-21)10-12-25(20)14-16-8-5-6-9-19(16)27-3;1-3-4-6-15(9-11-24)22-19-18-17(20-14(2)21-19)8-10-23(18)13-16-7-5-12-25-16;1-3-4-10-20-18-17-15(21-13(2)22-18)11-16(19)23(17)12-14-8-6-5-7-9-14;1-3-5-14(8-10-23)21-18-17-16(19-13(2)20-18)7-9-22(17)12-15-6-4-11-24-15;1-3-4-13(6-8-23)21-17-16-15(19-12(2)20-17)5-7-22(16)9-14-10-24-11-18-14/h5-6,8-10,12,17,26H,4,7,11,13-14H2,1-3H3,(H,22,23,24);8,10,15-16,24H,3-7,9,11-13H2,1-2H3,(H,20,21,22);5-9,11H,3-4,10,12H2,1-2H3,(H,20,21,22);7,9,14-15,23H,3-6,8,10-12H2,1-2H3,(H,19,20,21);5,7,10-11,13,23H,3-4,6,8-9H2,1-2H3,(H,19,20,21). The van der Waals surface area contributed by atoms with Gasteiger partial charge in [-0.05, 0) is 154 Å². The molecule has 0 saturated carbocycles. The summed E-state index contributed by atoms with van der Waals surface area (Å²) in [6.07, 6.45) is 27.8. The molecule has 2 fully saturated rings. The molecule has 0 radical (unpaired) electrons. The number of methoxy groups -OCH3 is 1. The van der Waals surface area contributed by atoms with Gasteiger partial charge in [0.15, 0.2) is 35.0 Å². The number of rotatable bonds is 40. The molecule has 0 spiro atoms. The molecule has 6 unspecified atom stereocenters. The number of nitrogens with zero attached hydrogens (tertiary/aromatic N) is 16. The largest absolute Gasteiger partial charge is 0.496 e. The van der Waals surface area contributed by atoms with Crippen LogP contribution in [0.4, 0.5) is 33.5 Å². The summed E-state index contributed by atoms with van der Waals surface area (Å²) < 4.78 is 41.9. The fourth-order valence-electron chi connectivity index (χ4n) is 16.1. The number of aliphatic hydroxyl groups is 4. The monoisotopic (exact) mass is 1700 g/mol. The first kappa shape index (κ1) is 93.4. The highest BCUT2D eigenvalue weighted by atomic mass is 32.1. The van der Waals surface area contributed by atoms with Gasteiger partial charge in [-0.1, -0.05) is 122 Å². The predicted octanol–water partition coefficient (Wildman–Crippen LogP) is 17.3. The van der Waals surface area contributed by atoms with Crippen LogP contribution in [0.2, 0.25) is 0 Å². The average molecular weight is 1710 g/mol. The molecule has 6 atom stereocenters. The van der Waals surface area contributed by atoms with Crippen LogP contribution in [0, 0.1) is 40.6 Å². The third kappa shape index (κ3) is 26.4. The zero-order valence-corrected chi connectivity index (χ0v) is 74.7. The second-order valence-corrected chi connectivity index (χ2v) is 32.6. The maximum absolute atomic E-state index is 14.5. The van der Waals surface area contributed by atoms with E-state index in [-0.39, 0.29) is 68.8 Å². The molecule has 2 aliphatic heterocycles. The van der Waals surface area contributed by atoms with E-state index in [9.17, 15) is 24.8 Å². The number of aryl methyl sites for hydroxylation is 5. The fraction of sp³-hybridized carbons (Fsp3) is 0.516. The lowest BCUT2D eigenvalue weighted by molar-refractivity contribution is 0.0979. The lowest BCUT2D eigenvalue weighted by atomic mass is 10.1. The van der Waals surface area contributed by atoms with Crippen molar-refractivity contribution in [3.05, 3.63) is 172 Å². The van der Waals surface area contributed by atoms with Crippen molar-refractivity contribution in [2.75, 3.05) is 79.9 Å². The van der Waals surface area contributed by atoms with Crippen LogP contribution in [0.1, 0.15) is 203 Å². The molecule has 2 aromatic carbocycles. The molecule has 28 nitrogen and oxygen atoms in total. The summed E-state index contributed by atoms with van der Waals surface area (Å²) in [5.74, 6) is 8.35. The van der Waals surface area contributed by atoms with Crippen LogP contribution in [-0.4, -0.2) is 188 Å². The topological polar surface area (TPSA) is 335 Å². The minimum absolute atomic E-state index is 0.160. The first-order chi connectivity index (χ1) is 60.0. The molecule has 0 amide bonds. The van der Waals surface area contributed by atoms with Gasteiger partial charge in [-0.25, -0.2) is 54.8 Å². The number of para-hydroxylation sites is 1. The van der Waals surface area contributed by atoms with E-state index in [2.05, 4.69) is 164 Å². The van der Waals surface area contributed by atoms with Crippen molar-refractivity contribution in [3.63, 3.8) is 0 Å². The fourth-order valence-corrected chi connectivity index (χ4v) is 16.7. The number of hydrogen-bond donors (Lipinski definition) is 9. The predicted molar refractivity (Wildman–Crippen MR) is 492 cm³/mol. The molecular formula is C93H130FN21O7S. The Morgan fingerprint density at radius 3 is 1.28 bits per heavy atom. The Morgan fingerprint density at radius 2 is 0.870 bits per heavy atom. The van der Waals surface area contributed by atoms with Gasteiger partial charge in [0.2, 0.25) is 0 Å². The number of unbranched alkanes of at least 4 members (excludes halogenated alkanes) is 2. The van der Waals surface area contributed by atoms with Gasteiger partial charge in [0.25, 0.3) is 0 Å². The maximum atomic E-state index is 14.5. The number of ether oxygens (including phenoxy) is 3. The third-order valence-electron chi connectivity index (χ3n) is 22.0. The van der Waals surface area contributed by atoms with Crippen LogP contribution in [0.15, 0.2) is 121 Å². The lowest BCUT2D eigenvalue weighted by Crippen LogP contribution is -2.23. The summed E-state index contributed by atoms with van der Waals surface area (Å²) in [6, 6.07) is 28.4. The van der Waals surface area contributed by atoms with Crippen molar-refractivity contribution in [3.8, 4) is 5.75 Å². The van der Waals surface area contributed by atoms with Crippen molar-refractivity contribution in [2.45, 2.75) is 260 Å². The molecule has 13 heterocycles. The van der Waals surface area contributed by atoms with E-state index >= 15 is 0 Å². The summed E-state index contributed by atoms with van der Waals surface area (Å²) in [4.78, 5) is 50.1. The van der Waals surface area contributed by atoms with Crippen LogP contribution >= 0.6 is 11.3 Å². The highest BCUT2D eigenvalue weighted by molar-refractivity contribution is 7.07. The molecule has 30 heteroatoms. The zero-order chi connectivity index (χ0) is 87.0. The molecule has 2 aliphatic rings. The van der Waals surface area contributed by atoms with E-state index in [0.29, 0.717) is 49.6 Å². The Bertz CT molecular complexity index is 5320. The van der Waals surface area contributed by atoms with Crippen LogP contribution < -0.4 is 31.3 Å². The van der Waals surface area contributed by atoms with Gasteiger partial charge in [-0.3, -0.25) is 0 Å². The normalized spacial score (nSPS) is 14.8. The average Bonchev–Trinajstić information content (AvgIpc) is 1.62. The summed E-state index contributed by atoms with van der Waals surface area (Å²) in [7, 11) is 1.69.